The van der Waals surface area contributed by atoms with Gasteiger partial charge in [0.25, 0.3) is 5.91 Å². The van der Waals surface area contributed by atoms with Gasteiger partial charge in [0.15, 0.2) is 17.3 Å². The highest BCUT2D eigenvalue weighted by molar-refractivity contribution is 5.99. The average molecular weight is 554 g/mol. The number of anilines is 1. The van der Waals surface area contributed by atoms with Crippen LogP contribution in [0.4, 0.5) is 27.8 Å². The molecule has 5 rings (SSSR count). The molecule has 0 radical (unpaired) electrons. The molecular weight excluding hydrogens is 535 g/mol. The smallest absolute Gasteiger partial charge is 0.365 e. The number of amides is 1. The number of benzene rings is 2. The molecule has 3 heterocycles. The van der Waals surface area contributed by atoms with E-state index in [0.29, 0.717) is 23.4 Å². The lowest BCUT2D eigenvalue weighted by Crippen LogP contribution is -2.25. The number of hydrogen-bond donors (Lipinski definition) is 4. The van der Waals surface area contributed by atoms with Gasteiger partial charge in [-0.05, 0) is 41.0 Å². The highest BCUT2D eigenvalue weighted by Gasteiger charge is 2.32. The van der Waals surface area contributed by atoms with E-state index >= 15 is 0 Å². The van der Waals surface area contributed by atoms with E-state index in [1.807, 2.05) is 0 Å². The maximum absolute atomic E-state index is 13.5. The van der Waals surface area contributed by atoms with Crippen LogP contribution < -0.4 is 16.3 Å². The second kappa shape index (κ2) is 10.6. The second-order valence-corrected chi connectivity index (χ2v) is 8.80. The van der Waals surface area contributed by atoms with Crippen molar-refractivity contribution in [3.05, 3.63) is 111 Å². The number of halogens is 5. The Balaban J connectivity index is 1.32. The Morgan fingerprint density at radius 3 is 2.30 bits per heavy atom. The molecule has 204 valence electrons. The second-order valence-electron chi connectivity index (χ2n) is 8.80. The van der Waals surface area contributed by atoms with Crippen molar-refractivity contribution in [2.24, 2.45) is 0 Å². The monoisotopic (exact) mass is 554 g/mol. The van der Waals surface area contributed by atoms with Crippen molar-refractivity contribution >= 4 is 22.9 Å². The van der Waals surface area contributed by atoms with E-state index in [-0.39, 0.29) is 35.7 Å². The van der Waals surface area contributed by atoms with Crippen LogP contribution in [0.15, 0.2) is 71.8 Å². The molecule has 0 atom stereocenters. The number of rotatable bonds is 7. The number of nitrogens with one attached hydrogen (secondary N) is 4. The van der Waals surface area contributed by atoms with Gasteiger partial charge in [0, 0.05) is 31.0 Å². The lowest BCUT2D eigenvalue weighted by Gasteiger charge is -2.15. The van der Waals surface area contributed by atoms with Crippen molar-refractivity contribution in [3.63, 3.8) is 0 Å². The van der Waals surface area contributed by atoms with Gasteiger partial charge in [0.05, 0.1) is 16.6 Å². The van der Waals surface area contributed by atoms with Crippen molar-refractivity contribution in [1.82, 2.24) is 25.3 Å². The van der Waals surface area contributed by atoms with Gasteiger partial charge in [0.1, 0.15) is 5.82 Å². The zero-order valence-electron chi connectivity index (χ0n) is 20.4. The fourth-order valence-electron chi connectivity index (χ4n) is 3.94. The molecule has 0 aliphatic heterocycles. The maximum atomic E-state index is 13.5. The van der Waals surface area contributed by atoms with Gasteiger partial charge < -0.3 is 15.6 Å². The molecule has 0 aliphatic carbocycles. The third kappa shape index (κ3) is 5.82. The summed E-state index contributed by atoms with van der Waals surface area (Å²) in [4.78, 5) is 37.5. The first-order valence-corrected chi connectivity index (χ1v) is 11.8. The molecule has 3 aromatic heterocycles. The molecule has 0 fully saturated rings. The Bertz CT molecular complexity index is 1760. The molecule has 0 bridgehead atoms. The number of pyridine rings is 2. The first-order chi connectivity index (χ1) is 19.1. The topological polar surface area (TPSA) is 116 Å². The van der Waals surface area contributed by atoms with Gasteiger partial charge in [-0.15, -0.1) is 0 Å². The predicted octanol–water partition coefficient (Wildman–Crippen LogP) is 5.15. The minimum Gasteiger partial charge on any atom is -0.365 e. The first-order valence-electron chi connectivity index (χ1n) is 11.8. The van der Waals surface area contributed by atoms with Crippen molar-refractivity contribution in [2.75, 3.05) is 5.32 Å². The summed E-state index contributed by atoms with van der Waals surface area (Å²) < 4.78 is 66.6. The van der Waals surface area contributed by atoms with Crippen LogP contribution in [0, 0.1) is 11.6 Å². The zero-order valence-corrected chi connectivity index (χ0v) is 20.4. The Morgan fingerprint density at radius 1 is 0.825 bits per heavy atom. The lowest BCUT2D eigenvalue weighted by molar-refractivity contribution is -0.137. The molecule has 2 aromatic carbocycles. The Morgan fingerprint density at radius 2 is 1.57 bits per heavy atom. The Kier molecular flexibility index (Phi) is 7.03. The Hall–Kier alpha value is -5.07. The van der Waals surface area contributed by atoms with Crippen LogP contribution in [-0.4, -0.2) is 25.8 Å². The molecule has 0 unspecified atom stereocenters. The van der Waals surface area contributed by atoms with Crippen LogP contribution >= 0.6 is 0 Å². The lowest BCUT2D eigenvalue weighted by atomic mass is 10.1. The van der Waals surface area contributed by atoms with Gasteiger partial charge in [-0.25, -0.2) is 23.5 Å². The molecule has 5 aromatic rings. The fourth-order valence-corrected chi connectivity index (χ4v) is 3.94. The summed E-state index contributed by atoms with van der Waals surface area (Å²) in [6, 6.07) is 12.6. The summed E-state index contributed by atoms with van der Waals surface area (Å²) in [5, 5.41) is 5.30. The van der Waals surface area contributed by atoms with Gasteiger partial charge in [0.2, 0.25) is 0 Å². The quantitative estimate of drug-likeness (QED) is 0.208. The van der Waals surface area contributed by atoms with Crippen LogP contribution in [0.25, 0.3) is 22.3 Å². The zero-order chi connectivity index (χ0) is 28.4. The van der Waals surface area contributed by atoms with E-state index in [9.17, 15) is 31.5 Å². The largest absolute Gasteiger partial charge is 0.417 e. The van der Waals surface area contributed by atoms with Gasteiger partial charge in [-0.3, -0.25) is 9.78 Å². The summed E-state index contributed by atoms with van der Waals surface area (Å²) >= 11 is 0. The molecule has 0 spiro atoms. The van der Waals surface area contributed by atoms with Gasteiger partial charge >= 0.3 is 11.9 Å². The molecule has 13 heteroatoms. The number of carbonyl (C=O) groups is 1. The number of aromatic nitrogens is 4. The summed E-state index contributed by atoms with van der Waals surface area (Å²) in [6.07, 6.45) is -2.51. The molecule has 1 amide bonds. The van der Waals surface area contributed by atoms with E-state index in [4.69, 9.17) is 0 Å². The summed E-state index contributed by atoms with van der Waals surface area (Å²) in [5.74, 6) is -3.15. The summed E-state index contributed by atoms with van der Waals surface area (Å²) in [5.41, 5.74) is 1.66. The van der Waals surface area contributed by atoms with Crippen molar-refractivity contribution in [3.8, 4) is 11.1 Å². The van der Waals surface area contributed by atoms with E-state index in [1.54, 1.807) is 36.5 Å². The number of imidazole rings is 1. The molecule has 4 N–H and O–H groups in total. The molecular formula is C27H19F5N6O2. The van der Waals surface area contributed by atoms with Crippen molar-refractivity contribution in [2.45, 2.75) is 19.3 Å². The SMILES string of the molecule is O=C(NCc1ccc(F)c(F)c1)c1cc(C(F)(F)F)cnc1NCc1ccc(-c2cnc3[nH]c(=O)[nH]c3c2)cc1. The highest BCUT2D eigenvalue weighted by atomic mass is 19.4. The Labute approximate surface area is 222 Å². The summed E-state index contributed by atoms with van der Waals surface area (Å²) in [6.45, 7) is -0.116. The average Bonchev–Trinajstić information content (AvgIpc) is 3.31. The van der Waals surface area contributed by atoms with Crippen LogP contribution in [0.3, 0.4) is 0 Å². The number of aromatic amines is 2. The molecule has 8 nitrogen and oxygen atoms in total. The predicted molar refractivity (Wildman–Crippen MR) is 136 cm³/mol. The molecule has 40 heavy (non-hydrogen) atoms. The maximum Gasteiger partial charge on any atom is 0.417 e. The first kappa shape index (κ1) is 26.5. The minimum atomic E-state index is -4.73. The number of fused-ring (bicyclic) bond motifs is 1. The molecule has 0 saturated heterocycles. The highest BCUT2D eigenvalue weighted by Crippen LogP contribution is 2.31. The van der Waals surface area contributed by atoms with Gasteiger partial charge in [-0.1, -0.05) is 30.3 Å². The third-order valence-electron chi connectivity index (χ3n) is 6.01. The van der Waals surface area contributed by atoms with Crippen LogP contribution in [0.1, 0.15) is 27.0 Å². The van der Waals surface area contributed by atoms with E-state index in [2.05, 4.69) is 30.6 Å². The minimum absolute atomic E-state index is 0.0917. The number of hydrogen-bond acceptors (Lipinski definition) is 5. The van der Waals surface area contributed by atoms with Gasteiger partial charge in [-0.2, -0.15) is 13.2 Å². The van der Waals surface area contributed by atoms with E-state index < -0.39 is 29.3 Å². The van der Waals surface area contributed by atoms with E-state index in [0.717, 1.165) is 28.8 Å². The number of nitrogens with zero attached hydrogens (tertiary/aromatic N) is 2. The number of carbonyl (C=O) groups excluding carboxylic acids is 1. The third-order valence-corrected chi connectivity index (χ3v) is 6.01. The molecule has 0 aliphatic rings. The summed E-state index contributed by atoms with van der Waals surface area (Å²) in [7, 11) is 0. The number of alkyl halides is 3. The van der Waals surface area contributed by atoms with Crippen LogP contribution in [0.5, 0.6) is 0 Å². The number of H-pyrrole nitrogens is 2. The van der Waals surface area contributed by atoms with Crippen molar-refractivity contribution < 1.29 is 26.7 Å². The van der Waals surface area contributed by atoms with Crippen LogP contribution in [-0.2, 0) is 19.3 Å². The standard InChI is InChI=1S/C27H19F5N6O2/c28-20-6-3-15(7-21(20)29)11-36-25(39)19-9-18(27(30,31)32)13-35-23(19)33-10-14-1-4-16(5-2-14)17-8-22-24(34-12-17)38-26(40)37-22/h1-9,12-13H,10-11H2,(H,33,35)(H,36,39)(H2,34,37,38,40). The molecule has 0 saturated carbocycles. The normalized spacial score (nSPS) is 11.5. The van der Waals surface area contributed by atoms with Crippen LogP contribution in [0.2, 0.25) is 0 Å². The van der Waals surface area contributed by atoms with Crippen molar-refractivity contribution in [1.29, 1.82) is 0 Å². The fraction of sp³-hybridized carbons (Fsp3) is 0.111. The van der Waals surface area contributed by atoms with E-state index in [1.165, 1.54) is 6.07 Å².